The van der Waals surface area contributed by atoms with Crippen LogP contribution in [0.2, 0.25) is 0 Å². The van der Waals surface area contributed by atoms with Gasteiger partial charge in [-0.1, -0.05) is 109 Å². The van der Waals surface area contributed by atoms with Crippen molar-refractivity contribution in [2.24, 2.45) is 5.73 Å². The van der Waals surface area contributed by atoms with Gasteiger partial charge in [0.05, 0.1) is 6.04 Å². The molecule has 6 atom stereocenters. The number of carboxylic acids is 1. The van der Waals surface area contributed by atoms with E-state index in [-0.39, 0.29) is 38.5 Å². The first-order chi connectivity index (χ1) is 41.4. The second-order valence-electron chi connectivity index (χ2n) is 21.6. The highest BCUT2D eigenvalue weighted by atomic mass is 16.4. The number of fused-ring (bicyclic) bond motifs is 6. The van der Waals surface area contributed by atoms with Crippen LogP contribution in [-0.4, -0.2) is 107 Å². The molecule has 6 aromatic heterocycles. The predicted molar refractivity (Wildman–Crippen MR) is 327 cm³/mol. The molecule has 0 spiro atoms. The molecule has 0 bridgehead atoms. The van der Waals surface area contributed by atoms with E-state index in [1.54, 1.807) is 31.0 Å². The highest BCUT2D eigenvalue weighted by Crippen LogP contribution is 2.26. The van der Waals surface area contributed by atoms with E-state index in [9.17, 15) is 19.5 Å². The monoisotopic (exact) mass is 1130 g/mol. The SMILES string of the molecule is N[C@H](Cc1c[nH]c2ccccc12)C(=O)N[C@@H](Cc1c[nH]c2ccccc12)C(=O)N[C@@H](Cc1c[nH]c2ccccc12)C(=O)N[C@H](Cc1c[nH]c2ccccc12)C(=O)N[C@H](Cc1c[nH]c2ccccc12)C(=O)N[C@@H](Cc1c[nH]c2ccccc12)C(=O)O. The van der Waals surface area contributed by atoms with Crippen LogP contribution in [0, 0.1) is 0 Å². The van der Waals surface area contributed by atoms with Crippen LogP contribution in [0.3, 0.4) is 0 Å². The number of para-hydroxylation sites is 6. The van der Waals surface area contributed by atoms with E-state index in [0.717, 1.165) is 76.5 Å². The van der Waals surface area contributed by atoms with Crippen LogP contribution in [0.25, 0.3) is 65.4 Å². The normalized spacial score (nSPS) is 13.8. The molecule has 0 aliphatic heterocycles. The van der Waals surface area contributed by atoms with Gasteiger partial charge in [-0.25, -0.2) is 4.79 Å². The standard InChI is InChI=1S/C66H62N12O7/c67-49(25-37-31-68-50-19-7-1-13-43(37)50)61(79)74-56(26-38-32-69-51-20-8-2-14-44(38)51)62(80)75-57(27-39-33-70-52-21-9-3-15-45(39)52)63(81)76-58(28-40-34-71-53-22-10-4-16-46(40)53)64(82)77-59(29-41-35-72-54-23-11-5-17-47(41)54)65(83)78-60(66(84)85)30-42-36-73-55-24-12-6-18-48(42)55/h1-24,31-36,49,56-60,68-73H,25-30,67H2,(H,74,79)(H,75,80)(H,76,81)(H,77,82)(H,78,83)(H,84,85)/t49-,56+,57+,58-,59-,60+/m1/s1. The Bertz CT molecular complexity index is 4450. The molecule has 85 heavy (non-hydrogen) atoms. The van der Waals surface area contributed by atoms with Crippen molar-refractivity contribution >= 4 is 101 Å². The number of nitrogens with two attached hydrogens (primary N) is 1. The number of amides is 5. The van der Waals surface area contributed by atoms with Crippen molar-refractivity contribution in [3.8, 4) is 0 Å². The maximum absolute atomic E-state index is 15.5. The smallest absolute Gasteiger partial charge is 0.326 e. The molecule has 0 aliphatic carbocycles. The van der Waals surface area contributed by atoms with E-state index in [0.29, 0.717) is 22.3 Å². The molecule has 5 amide bonds. The first kappa shape index (κ1) is 54.9. The third-order valence-corrected chi connectivity index (χ3v) is 16.1. The summed E-state index contributed by atoms with van der Waals surface area (Å²) in [5.41, 5.74) is 15.8. The maximum atomic E-state index is 15.5. The first-order valence-corrected chi connectivity index (χ1v) is 28.2. The Balaban J connectivity index is 0.866. The zero-order chi connectivity index (χ0) is 58.6. The van der Waals surface area contributed by atoms with Gasteiger partial charge in [0.25, 0.3) is 0 Å². The van der Waals surface area contributed by atoms with E-state index in [1.165, 1.54) is 0 Å². The number of hydrogen-bond acceptors (Lipinski definition) is 7. The number of aliphatic carboxylic acids is 1. The quantitative estimate of drug-likeness (QED) is 0.0311. The minimum absolute atomic E-state index is 0.0127. The van der Waals surface area contributed by atoms with Gasteiger partial charge in [0.1, 0.15) is 30.2 Å². The summed E-state index contributed by atoms with van der Waals surface area (Å²) in [6.07, 6.45) is 10.5. The zero-order valence-electron chi connectivity index (χ0n) is 46.0. The third-order valence-electron chi connectivity index (χ3n) is 16.1. The molecule has 19 nitrogen and oxygen atoms in total. The van der Waals surface area contributed by atoms with Gasteiger partial charge >= 0.3 is 5.97 Å². The van der Waals surface area contributed by atoms with Crippen LogP contribution in [-0.2, 0) is 67.3 Å². The van der Waals surface area contributed by atoms with E-state index < -0.39 is 71.8 Å². The van der Waals surface area contributed by atoms with E-state index >= 15 is 14.4 Å². The highest BCUT2D eigenvalue weighted by Gasteiger charge is 2.35. The lowest BCUT2D eigenvalue weighted by molar-refractivity contribution is -0.142. The van der Waals surface area contributed by atoms with Crippen molar-refractivity contribution in [2.45, 2.75) is 74.8 Å². The molecular formula is C66H62N12O7. The van der Waals surface area contributed by atoms with Gasteiger partial charge in [-0.15, -0.1) is 0 Å². The number of rotatable bonds is 23. The summed E-state index contributed by atoms with van der Waals surface area (Å²) in [6.45, 7) is 0. The molecule has 6 aromatic carbocycles. The van der Waals surface area contributed by atoms with Crippen LogP contribution >= 0.6 is 0 Å². The summed E-state index contributed by atoms with van der Waals surface area (Å²) in [5.74, 6) is -4.82. The summed E-state index contributed by atoms with van der Waals surface area (Å²) in [7, 11) is 0. The van der Waals surface area contributed by atoms with Crippen molar-refractivity contribution in [3.63, 3.8) is 0 Å². The van der Waals surface area contributed by atoms with Gasteiger partial charge in [-0.2, -0.15) is 0 Å². The lowest BCUT2D eigenvalue weighted by Gasteiger charge is -2.27. The van der Waals surface area contributed by atoms with Gasteiger partial charge in [-0.3, -0.25) is 24.0 Å². The number of carbonyl (C=O) groups excluding carboxylic acids is 5. The second-order valence-corrected chi connectivity index (χ2v) is 21.6. The Labute approximate surface area is 485 Å². The third kappa shape index (κ3) is 11.9. The summed E-state index contributed by atoms with van der Waals surface area (Å²) in [6, 6.07) is 37.4. The maximum Gasteiger partial charge on any atom is 0.326 e. The molecular weight excluding hydrogens is 1070 g/mol. The van der Waals surface area contributed by atoms with Gasteiger partial charge in [0, 0.05) is 135 Å². The molecule has 0 fully saturated rings. The fourth-order valence-electron chi connectivity index (χ4n) is 11.6. The Kier molecular flexibility index (Phi) is 15.5. The van der Waals surface area contributed by atoms with Crippen LogP contribution in [0.15, 0.2) is 183 Å². The molecule has 14 N–H and O–H groups in total. The minimum atomic E-state index is -1.40. The lowest BCUT2D eigenvalue weighted by Crippen LogP contribution is -2.60. The number of nitrogens with one attached hydrogen (secondary N) is 11. The van der Waals surface area contributed by atoms with Crippen molar-refractivity contribution in [2.75, 3.05) is 0 Å². The molecule has 0 saturated heterocycles. The topological polar surface area (TPSA) is 304 Å². The number of aromatic nitrogens is 6. The summed E-state index contributed by atoms with van der Waals surface area (Å²) >= 11 is 0. The Hall–Kier alpha value is -10.7. The number of benzene rings is 6. The fraction of sp³-hybridized carbons (Fsp3) is 0.182. The molecule has 0 aliphatic rings. The Morgan fingerprint density at radius 2 is 0.506 bits per heavy atom. The van der Waals surface area contributed by atoms with Gasteiger partial charge in [-0.05, 0) is 76.2 Å². The van der Waals surface area contributed by atoms with Gasteiger partial charge in [0.2, 0.25) is 29.5 Å². The van der Waals surface area contributed by atoms with E-state index in [4.69, 9.17) is 5.73 Å². The van der Waals surface area contributed by atoms with Gasteiger partial charge < -0.3 is 67.3 Å². The summed E-state index contributed by atoms with van der Waals surface area (Å²) < 4.78 is 0. The van der Waals surface area contributed by atoms with Crippen molar-refractivity contribution in [1.82, 2.24) is 56.5 Å². The highest BCUT2D eigenvalue weighted by molar-refractivity contribution is 5.99. The molecule has 19 heteroatoms. The molecule has 428 valence electrons. The Morgan fingerprint density at radius 1 is 0.306 bits per heavy atom. The number of carbonyl (C=O) groups is 6. The van der Waals surface area contributed by atoms with Crippen LogP contribution in [0.4, 0.5) is 0 Å². The predicted octanol–water partition coefficient (Wildman–Crippen LogP) is 7.17. The van der Waals surface area contributed by atoms with Crippen molar-refractivity contribution < 1.29 is 33.9 Å². The van der Waals surface area contributed by atoms with Crippen molar-refractivity contribution in [1.29, 1.82) is 0 Å². The van der Waals surface area contributed by atoms with Crippen molar-refractivity contribution in [3.05, 3.63) is 216 Å². The number of aromatic amines is 6. The number of hydrogen-bond donors (Lipinski definition) is 13. The number of H-pyrrole nitrogens is 6. The molecule has 12 rings (SSSR count). The average molecular weight is 1140 g/mol. The molecule has 0 unspecified atom stereocenters. The van der Waals surface area contributed by atoms with Gasteiger partial charge in [0.15, 0.2) is 0 Å². The Morgan fingerprint density at radius 3 is 0.753 bits per heavy atom. The average Bonchev–Trinajstić information content (AvgIpc) is 4.63. The summed E-state index contributed by atoms with van der Waals surface area (Å²) in [4.78, 5) is 108. The summed E-state index contributed by atoms with van der Waals surface area (Å²) in [5, 5.41) is 30.1. The first-order valence-electron chi connectivity index (χ1n) is 28.2. The largest absolute Gasteiger partial charge is 0.480 e. The molecule has 0 radical (unpaired) electrons. The van der Waals surface area contributed by atoms with Crippen LogP contribution in [0.1, 0.15) is 33.4 Å². The second kappa shape index (κ2) is 24.0. The molecule has 0 saturated carbocycles. The molecule has 6 heterocycles. The minimum Gasteiger partial charge on any atom is -0.480 e. The van der Waals surface area contributed by atoms with Crippen LogP contribution < -0.4 is 32.3 Å². The van der Waals surface area contributed by atoms with E-state index in [2.05, 4.69) is 56.5 Å². The molecule has 12 aromatic rings. The lowest BCUT2D eigenvalue weighted by atomic mass is 9.99. The van der Waals surface area contributed by atoms with E-state index in [1.807, 2.05) is 152 Å². The van der Waals surface area contributed by atoms with Crippen LogP contribution in [0.5, 0.6) is 0 Å². The zero-order valence-corrected chi connectivity index (χ0v) is 46.0. The fourth-order valence-corrected chi connectivity index (χ4v) is 11.6. The number of carboxylic acid groups (broad SMARTS) is 1.